The number of fused-ring (bicyclic) bond motifs is 1. The van der Waals surface area contributed by atoms with Crippen LogP contribution in [0.15, 0.2) is 66.9 Å². The molecular weight excluding hydrogens is 436 g/mol. The van der Waals surface area contributed by atoms with Gasteiger partial charge < -0.3 is 29.6 Å². The Balaban J connectivity index is 1.16. The Morgan fingerprint density at radius 3 is 2.62 bits per heavy atom. The molecule has 34 heavy (non-hydrogen) atoms. The standard InChI is InChI=1S/C25H26N4O5/c1-31-18-9-7-17(8-10-18)19-11-12-26-24(28-19)29-20-14-32-23-21(15-33-22(20)23)34-25(30)27-13-16-5-3-2-4-6-16/h2-12,20-23H,13-15H2,1H3,(H,27,30)(H,26,28,29)/t20-,21+,22+,23+/m0/s1. The average molecular weight is 463 g/mol. The molecule has 0 bridgehead atoms. The molecule has 9 heteroatoms. The first-order valence-corrected chi connectivity index (χ1v) is 11.2. The number of benzene rings is 2. The highest BCUT2D eigenvalue weighted by atomic mass is 16.6. The minimum absolute atomic E-state index is 0.155. The molecule has 5 rings (SSSR count). The fourth-order valence-electron chi connectivity index (χ4n) is 4.15. The number of ether oxygens (including phenoxy) is 4. The van der Waals surface area contributed by atoms with Gasteiger partial charge in [-0.3, -0.25) is 0 Å². The lowest BCUT2D eigenvalue weighted by Crippen LogP contribution is -2.39. The van der Waals surface area contributed by atoms with Crippen LogP contribution in [0.3, 0.4) is 0 Å². The lowest BCUT2D eigenvalue weighted by molar-refractivity contribution is 0.00431. The molecule has 0 aliphatic carbocycles. The molecule has 2 fully saturated rings. The van der Waals surface area contributed by atoms with Crippen LogP contribution in [-0.4, -0.2) is 60.7 Å². The van der Waals surface area contributed by atoms with Gasteiger partial charge in [0.15, 0.2) is 6.10 Å². The third-order valence-electron chi connectivity index (χ3n) is 5.90. The van der Waals surface area contributed by atoms with E-state index in [9.17, 15) is 4.79 Å². The number of nitrogens with one attached hydrogen (secondary N) is 2. The molecule has 1 amide bonds. The molecule has 0 radical (unpaired) electrons. The first kappa shape index (κ1) is 22.1. The summed E-state index contributed by atoms with van der Waals surface area (Å²) in [4.78, 5) is 21.2. The maximum atomic E-state index is 12.3. The molecule has 0 unspecified atom stereocenters. The van der Waals surface area contributed by atoms with Crippen molar-refractivity contribution in [2.75, 3.05) is 25.6 Å². The summed E-state index contributed by atoms with van der Waals surface area (Å²) in [6, 6.07) is 19.0. The molecule has 2 aliphatic rings. The summed E-state index contributed by atoms with van der Waals surface area (Å²) < 4.78 is 22.6. The van der Waals surface area contributed by atoms with Crippen LogP contribution in [0.25, 0.3) is 11.3 Å². The van der Waals surface area contributed by atoms with E-state index in [-0.39, 0.29) is 24.9 Å². The Labute approximate surface area is 197 Å². The first-order chi connectivity index (χ1) is 16.7. The van der Waals surface area contributed by atoms with E-state index >= 15 is 0 Å². The van der Waals surface area contributed by atoms with Gasteiger partial charge in [0, 0.05) is 18.3 Å². The second-order valence-electron chi connectivity index (χ2n) is 8.12. The fourth-order valence-corrected chi connectivity index (χ4v) is 4.15. The summed E-state index contributed by atoms with van der Waals surface area (Å²) in [5, 5.41) is 6.08. The zero-order chi connectivity index (χ0) is 23.3. The number of nitrogens with zero attached hydrogens (tertiary/aromatic N) is 2. The van der Waals surface area contributed by atoms with Gasteiger partial charge in [0.25, 0.3) is 0 Å². The second-order valence-corrected chi connectivity index (χ2v) is 8.12. The summed E-state index contributed by atoms with van der Waals surface area (Å²) in [6.45, 7) is 1.07. The predicted molar refractivity (Wildman–Crippen MR) is 124 cm³/mol. The molecule has 176 valence electrons. The lowest BCUT2D eigenvalue weighted by Gasteiger charge is -2.18. The van der Waals surface area contributed by atoms with Crippen LogP contribution in [-0.2, 0) is 20.8 Å². The quantitative estimate of drug-likeness (QED) is 0.552. The number of aromatic nitrogens is 2. The van der Waals surface area contributed by atoms with Gasteiger partial charge in [-0.1, -0.05) is 30.3 Å². The van der Waals surface area contributed by atoms with E-state index in [4.69, 9.17) is 18.9 Å². The number of anilines is 1. The van der Waals surface area contributed by atoms with Gasteiger partial charge in [-0.25, -0.2) is 14.8 Å². The Bertz CT molecular complexity index is 1110. The minimum atomic E-state index is -0.492. The van der Waals surface area contributed by atoms with Crippen LogP contribution in [0.1, 0.15) is 5.56 Å². The van der Waals surface area contributed by atoms with Gasteiger partial charge in [-0.15, -0.1) is 0 Å². The molecule has 4 atom stereocenters. The van der Waals surface area contributed by atoms with Crippen LogP contribution < -0.4 is 15.4 Å². The zero-order valence-electron chi connectivity index (χ0n) is 18.7. The van der Waals surface area contributed by atoms with Crippen molar-refractivity contribution in [1.82, 2.24) is 15.3 Å². The third-order valence-corrected chi connectivity index (χ3v) is 5.90. The van der Waals surface area contributed by atoms with Gasteiger partial charge in [0.05, 0.1) is 32.1 Å². The number of hydrogen-bond acceptors (Lipinski definition) is 8. The van der Waals surface area contributed by atoms with Crippen molar-refractivity contribution in [3.63, 3.8) is 0 Å². The molecular formula is C25H26N4O5. The summed E-state index contributed by atoms with van der Waals surface area (Å²) in [5.41, 5.74) is 2.75. The van der Waals surface area contributed by atoms with E-state index in [1.54, 1.807) is 13.3 Å². The summed E-state index contributed by atoms with van der Waals surface area (Å²) >= 11 is 0. The van der Waals surface area contributed by atoms with Crippen molar-refractivity contribution in [2.45, 2.75) is 30.9 Å². The lowest BCUT2D eigenvalue weighted by atomic mass is 10.1. The minimum Gasteiger partial charge on any atom is -0.497 e. The van der Waals surface area contributed by atoms with Crippen molar-refractivity contribution < 1.29 is 23.7 Å². The van der Waals surface area contributed by atoms with Gasteiger partial charge in [-0.05, 0) is 35.9 Å². The monoisotopic (exact) mass is 462 g/mol. The molecule has 1 aromatic heterocycles. The highest BCUT2D eigenvalue weighted by Crippen LogP contribution is 2.30. The zero-order valence-corrected chi connectivity index (χ0v) is 18.7. The molecule has 2 N–H and O–H groups in total. The van der Waals surface area contributed by atoms with Crippen molar-refractivity contribution in [3.8, 4) is 17.0 Å². The number of rotatable bonds is 7. The van der Waals surface area contributed by atoms with Crippen molar-refractivity contribution in [1.29, 1.82) is 0 Å². The highest BCUT2D eigenvalue weighted by Gasteiger charge is 2.49. The fraction of sp³-hybridized carbons (Fsp3) is 0.320. The van der Waals surface area contributed by atoms with Gasteiger partial charge in [-0.2, -0.15) is 0 Å². The molecule has 0 saturated carbocycles. The van der Waals surface area contributed by atoms with Crippen molar-refractivity contribution in [2.24, 2.45) is 0 Å². The Morgan fingerprint density at radius 1 is 1.03 bits per heavy atom. The molecule has 3 heterocycles. The maximum absolute atomic E-state index is 12.3. The van der Waals surface area contributed by atoms with E-state index < -0.39 is 12.2 Å². The number of hydrogen-bond donors (Lipinski definition) is 2. The van der Waals surface area contributed by atoms with Crippen LogP contribution in [0.5, 0.6) is 5.75 Å². The Hall–Kier alpha value is -3.69. The van der Waals surface area contributed by atoms with Gasteiger partial charge >= 0.3 is 6.09 Å². The molecule has 3 aromatic rings. The van der Waals surface area contributed by atoms with E-state index in [1.807, 2.05) is 60.7 Å². The number of methoxy groups -OCH3 is 1. The topological polar surface area (TPSA) is 104 Å². The summed E-state index contributed by atoms with van der Waals surface area (Å²) in [5.74, 6) is 1.27. The molecule has 9 nitrogen and oxygen atoms in total. The molecule has 2 aliphatic heterocycles. The van der Waals surface area contributed by atoms with Crippen LogP contribution in [0, 0.1) is 0 Å². The van der Waals surface area contributed by atoms with Crippen LogP contribution in [0.2, 0.25) is 0 Å². The van der Waals surface area contributed by atoms with E-state index in [0.29, 0.717) is 19.1 Å². The smallest absolute Gasteiger partial charge is 0.407 e. The van der Waals surface area contributed by atoms with Crippen molar-refractivity contribution in [3.05, 3.63) is 72.4 Å². The summed E-state index contributed by atoms with van der Waals surface area (Å²) in [7, 11) is 1.64. The number of amides is 1. The Morgan fingerprint density at radius 2 is 1.82 bits per heavy atom. The van der Waals surface area contributed by atoms with Crippen LogP contribution >= 0.6 is 0 Å². The number of carbonyl (C=O) groups excluding carboxylic acids is 1. The summed E-state index contributed by atoms with van der Waals surface area (Å²) in [6.07, 6.45) is 0.137. The van der Waals surface area contributed by atoms with E-state index in [1.165, 1.54) is 0 Å². The average Bonchev–Trinajstić information content (AvgIpc) is 3.47. The second kappa shape index (κ2) is 10.1. The van der Waals surface area contributed by atoms with E-state index in [2.05, 4.69) is 20.6 Å². The molecule has 0 spiro atoms. The molecule has 2 aromatic carbocycles. The molecule has 2 saturated heterocycles. The first-order valence-electron chi connectivity index (χ1n) is 11.2. The van der Waals surface area contributed by atoms with Crippen LogP contribution in [0.4, 0.5) is 10.7 Å². The normalized spacial score (nSPS) is 23.2. The van der Waals surface area contributed by atoms with Gasteiger partial charge in [0.2, 0.25) is 5.95 Å². The van der Waals surface area contributed by atoms with E-state index in [0.717, 1.165) is 22.6 Å². The largest absolute Gasteiger partial charge is 0.497 e. The third kappa shape index (κ3) is 4.95. The van der Waals surface area contributed by atoms with Crippen molar-refractivity contribution >= 4 is 12.0 Å². The van der Waals surface area contributed by atoms with Gasteiger partial charge in [0.1, 0.15) is 18.0 Å². The highest BCUT2D eigenvalue weighted by molar-refractivity contribution is 5.67. The maximum Gasteiger partial charge on any atom is 0.407 e. The predicted octanol–water partition coefficient (Wildman–Crippen LogP) is 3.03. The number of carbonyl (C=O) groups is 1. The SMILES string of the molecule is COc1ccc(-c2ccnc(N[C@H]3CO[C@H]4[C@@H]3OC[C@H]4OC(=O)NCc3ccccc3)n2)cc1. The Kier molecular flexibility index (Phi) is 6.55. The number of alkyl carbamates (subject to hydrolysis) is 1.